The summed E-state index contributed by atoms with van der Waals surface area (Å²) >= 11 is 2.32. The van der Waals surface area contributed by atoms with Gasteiger partial charge < -0.3 is 10.1 Å². The van der Waals surface area contributed by atoms with Crippen molar-refractivity contribution < 1.29 is 9.53 Å². The van der Waals surface area contributed by atoms with Crippen molar-refractivity contribution >= 4 is 28.5 Å². The number of hydrogen-bond donors (Lipinski definition) is 1. The summed E-state index contributed by atoms with van der Waals surface area (Å²) in [6.45, 7) is 0.694. The van der Waals surface area contributed by atoms with Gasteiger partial charge in [0.05, 0.1) is 7.11 Å². The van der Waals surface area contributed by atoms with Crippen molar-refractivity contribution in [1.29, 1.82) is 0 Å². The lowest BCUT2D eigenvalue weighted by atomic mass is 10.2. The number of unbranched alkanes of at least 4 members (excludes halogenated alkanes) is 1. The van der Waals surface area contributed by atoms with Gasteiger partial charge in [-0.3, -0.25) is 4.79 Å². The van der Waals surface area contributed by atoms with Gasteiger partial charge in [-0.05, 0) is 29.4 Å². The minimum atomic E-state index is -0.126. The predicted octanol–water partition coefficient (Wildman–Crippen LogP) is 2.04. The second kappa shape index (κ2) is 7.43. The van der Waals surface area contributed by atoms with Crippen LogP contribution in [0.5, 0.6) is 5.88 Å². The number of halogens is 1. The van der Waals surface area contributed by atoms with E-state index in [1.54, 1.807) is 18.3 Å². The molecule has 0 saturated heterocycles. The van der Waals surface area contributed by atoms with E-state index in [0.717, 1.165) is 17.3 Å². The Bertz CT molecular complexity index is 345. The summed E-state index contributed by atoms with van der Waals surface area (Å²) in [7, 11) is 1.51. The van der Waals surface area contributed by atoms with Crippen molar-refractivity contribution in [2.45, 2.75) is 12.8 Å². The number of amides is 1. The van der Waals surface area contributed by atoms with Gasteiger partial charge in [0, 0.05) is 12.7 Å². The number of methoxy groups -OCH3 is 1. The Balaban J connectivity index is 2.52. The Hall–Kier alpha value is -0.850. The van der Waals surface area contributed by atoms with Crippen LogP contribution in [-0.4, -0.2) is 29.0 Å². The number of aromatic nitrogens is 1. The second-order valence-electron chi connectivity index (χ2n) is 3.21. The largest absolute Gasteiger partial charge is 0.480 e. The third-order valence-corrected chi connectivity index (χ3v) is 2.82. The third kappa shape index (κ3) is 3.96. The standard InChI is InChI=1S/C11H15IN2O2/c1-16-11-9(5-4-8-14-11)10(15)13-7-3-2-6-12/h4-5,8H,2-3,6-7H2,1H3,(H,13,15). The van der Waals surface area contributed by atoms with Crippen LogP contribution in [0.15, 0.2) is 18.3 Å². The van der Waals surface area contributed by atoms with Crippen molar-refractivity contribution in [1.82, 2.24) is 10.3 Å². The molecule has 0 aliphatic rings. The third-order valence-electron chi connectivity index (χ3n) is 2.06. The number of ether oxygens (including phenoxy) is 1. The van der Waals surface area contributed by atoms with E-state index in [9.17, 15) is 4.79 Å². The van der Waals surface area contributed by atoms with Crippen LogP contribution in [0.4, 0.5) is 0 Å². The topological polar surface area (TPSA) is 51.2 Å². The minimum absolute atomic E-state index is 0.126. The zero-order valence-corrected chi connectivity index (χ0v) is 11.4. The van der Waals surface area contributed by atoms with Crippen LogP contribution in [0.2, 0.25) is 0 Å². The Morgan fingerprint density at radius 2 is 2.38 bits per heavy atom. The van der Waals surface area contributed by atoms with E-state index in [1.807, 2.05) is 0 Å². The van der Waals surface area contributed by atoms with E-state index in [0.29, 0.717) is 18.0 Å². The van der Waals surface area contributed by atoms with Crippen LogP contribution in [0.1, 0.15) is 23.2 Å². The molecule has 1 aromatic heterocycles. The fraction of sp³-hybridized carbons (Fsp3) is 0.455. The molecule has 0 atom stereocenters. The lowest BCUT2D eigenvalue weighted by Gasteiger charge is -2.07. The van der Waals surface area contributed by atoms with Gasteiger partial charge in [0.2, 0.25) is 5.88 Å². The maximum Gasteiger partial charge on any atom is 0.256 e. The molecule has 0 aromatic carbocycles. The van der Waals surface area contributed by atoms with Crippen molar-refractivity contribution in [2.24, 2.45) is 0 Å². The molecule has 1 aromatic rings. The summed E-state index contributed by atoms with van der Waals surface area (Å²) in [5, 5.41) is 2.85. The zero-order chi connectivity index (χ0) is 11.8. The molecule has 4 nitrogen and oxygen atoms in total. The molecule has 16 heavy (non-hydrogen) atoms. The normalized spacial score (nSPS) is 9.88. The average Bonchev–Trinajstić information content (AvgIpc) is 2.34. The molecule has 0 aliphatic carbocycles. The minimum Gasteiger partial charge on any atom is -0.480 e. The van der Waals surface area contributed by atoms with Crippen LogP contribution in [0.3, 0.4) is 0 Å². The lowest BCUT2D eigenvalue weighted by molar-refractivity contribution is 0.0949. The molecule has 88 valence electrons. The smallest absolute Gasteiger partial charge is 0.256 e. The van der Waals surface area contributed by atoms with Crippen LogP contribution in [-0.2, 0) is 0 Å². The van der Waals surface area contributed by atoms with E-state index < -0.39 is 0 Å². The number of carbonyl (C=O) groups is 1. The summed E-state index contributed by atoms with van der Waals surface area (Å²) in [5.74, 6) is 0.243. The van der Waals surface area contributed by atoms with E-state index in [2.05, 4.69) is 32.9 Å². The van der Waals surface area contributed by atoms with Crippen molar-refractivity contribution in [3.8, 4) is 5.88 Å². The summed E-state index contributed by atoms with van der Waals surface area (Å²) < 4.78 is 6.14. The van der Waals surface area contributed by atoms with Crippen molar-refractivity contribution in [2.75, 3.05) is 18.1 Å². The fourth-order valence-electron chi connectivity index (χ4n) is 1.24. The quantitative estimate of drug-likeness (QED) is 0.492. The Labute approximate surface area is 109 Å². The number of nitrogens with zero attached hydrogens (tertiary/aromatic N) is 1. The molecular formula is C11H15IN2O2. The van der Waals surface area contributed by atoms with E-state index >= 15 is 0 Å². The molecule has 1 rings (SSSR count). The number of carbonyl (C=O) groups excluding carboxylic acids is 1. The Morgan fingerprint density at radius 1 is 1.56 bits per heavy atom. The summed E-state index contributed by atoms with van der Waals surface area (Å²) in [5.41, 5.74) is 0.486. The number of alkyl halides is 1. The van der Waals surface area contributed by atoms with Gasteiger partial charge in [-0.2, -0.15) is 0 Å². The maximum absolute atomic E-state index is 11.8. The molecular weight excluding hydrogens is 319 g/mol. The highest BCUT2D eigenvalue weighted by molar-refractivity contribution is 14.1. The molecule has 0 spiro atoms. The van der Waals surface area contributed by atoms with Gasteiger partial charge in [-0.1, -0.05) is 22.6 Å². The van der Waals surface area contributed by atoms with E-state index in [1.165, 1.54) is 7.11 Å². The molecule has 0 unspecified atom stereocenters. The molecule has 0 aliphatic heterocycles. The SMILES string of the molecule is COc1ncccc1C(=O)NCCCCI. The van der Waals surface area contributed by atoms with E-state index in [-0.39, 0.29) is 5.91 Å². The molecule has 1 amide bonds. The van der Waals surface area contributed by atoms with Gasteiger partial charge in [-0.25, -0.2) is 4.98 Å². The van der Waals surface area contributed by atoms with Gasteiger partial charge in [0.25, 0.3) is 5.91 Å². The predicted molar refractivity (Wildman–Crippen MR) is 71.2 cm³/mol. The first-order chi connectivity index (χ1) is 7.79. The highest BCUT2D eigenvalue weighted by Crippen LogP contribution is 2.12. The first kappa shape index (κ1) is 13.2. The highest BCUT2D eigenvalue weighted by Gasteiger charge is 2.11. The van der Waals surface area contributed by atoms with Gasteiger partial charge in [-0.15, -0.1) is 0 Å². The molecule has 0 fully saturated rings. The molecule has 0 bridgehead atoms. The fourth-order valence-corrected chi connectivity index (χ4v) is 1.78. The van der Waals surface area contributed by atoms with E-state index in [4.69, 9.17) is 4.74 Å². The van der Waals surface area contributed by atoms with Gasteiger partial charge >= 0.3 is 0 Å². The molecule has 1 heterocycles. The van der Waals surface area contributed by atoms with Crippen molar-refractivity contribution in [3.63, 3.8) is 0 Å². The summed E-state index contributed by atoms with van der Waals surface area (Å²) in [4.78, 5) is 15.7. The number of hydrogen-bond acceptors (Lipinski definition) is 3. The first-order valence-corrected chi connectivity index (χ1v) is 6.65. The molecule has 0 saturated carbocycles. The molecule has 1 N–H and O–H groups in total. The van der Waals surface area contributed by atoms with Crippen LogP contribution >= 0.6 is 22.6 Å². The molecule has 5 heteroatoms. The molecule has 0 radical (unpaired) electrons. The van der Waals surface area contributed by atoms with Crippen LogP contribution < -0.4 is 10.1 Å². The maximum atomic E-state index is 11.8. The monoisotopic (exact) mass is 334 g/mol. The number of nitrogens with one attached hydrogen (secondary N) is 1. The first-order valence-electron chi connectivity index (χ1n) is 5.12. The van der Waals surface area contributed by atoms with Crippen LogP contribution in [0.25, 0.3) is 0 Å². The van der Waals surface area contributed by atoms with Crippen LogP contribution in [0, 0.1) is 0 Å². The van der Waals surface area contributed by atoms with Gasteiger partial charge in [0.15, 0.2) is 0 Å². The lowest BCUT2D eigenvalue weighted by Crippen LogP contribution is -2.25. The zero-order valence-electron chi connectivity index (χ0n) is 9.20. The van der Waals surface area contributed by atoms with Gasteiger partial charge in [0.1, 0.15) is 5.56 Å². The average molecular weight is 334 g/mol. The summed E-state index contributed by atoms with van der Waals surface area (Å²) in [6, 6.07) is 3.43. The Kier molecular flexibility index (Phi) is 6.14. The number of rotatable bonds is 6. The number of pyridine rings is 1. The van der Waals surface area contributed by atoms with Crippen molar-refractivity contribution in [3.05, 3.63) is 23.9 Å². The summed E-state index contributed by atoms with van der Waals surface area (Å²) in [6.07, 6.45) is 3.72. The Morgan fingerprint density at radius 3 is 3.06 bits per heavy atom. The second-order valence-corrected chi connectivity index (χ2v) is 4.29. The highest BCUT2D eigenvalue weighted by atomic mass is 127.